The molecule has 4 heteroatoms. The zero-order valence-corrected chi connectivity index (χ0v) is 29.3. The molecule has 0 amide bonds. The van der Waals surface area contributed by atoms with E-state index in [9.17, 15) is 0 Å². The maximum atomic E-state index is 5.27. The molecule has 3 nitrogen and oxygen atoms in total. The summed E-state index contributed by atoms with van der Waals surface area (Å²) in [7, 11) is 0. The van der Waals surface area contributed by atoms with E-state index in [1.165, 1.54) is 53.4 Å². The summed E-state index contributed by atoms with van der Waals surface area (Å²) in [5.74, 6) is 0.688. The SMILES string of the molecule is c1ccc(-c2cc(-c3ccccc3)nc(-c3cc(-c4ccc5c6c(cccc46)-c4ccccc4-5)cc(-c4ccnc5c4sc4ccccc45)c3)n2)cc1. The Morgan fingerprint density at radius 2 is 0.943 bits per heavy atom. The van der Waals surface area contributed by atoms with E-state index >= 15 is 0 Å². The molecule has 0 fully saturated rings. The first-order chi connectivity index (χ1) is 26.3. The highest BCUT2D eigenvalue weighted by atomic mass is 32.1. The molecule has 0 saturated heterocycles. The molecule has 0 atom stereocenters. The topological polar surface area (TPSA) is 38.7 Å². The van der Waals surface area contributed by atoms with E-state index in [4.69, 9.17) is 15.0 Å². The number of fused-ring (bicyclic) bond motifs is 6. The summed E-state index contributed by atoms with van der Waals surface area (Å²) >= 11 is 1.80. The maximum Gasteiger partial charge on any atom is 0.160 e. The normalized spacial score (nSPS) is 11.8. The summed E-state index contributed by atoms with van der Waals surface area (Å²) in [4.78, 5) is 15.4. The Kier molecular flexibility index (Phi) is 6.73. The number of rotatable bonds is 5. The van der Waals surface area contributed by atoms with Crippen molar-refractivity contribution in [1.29, 1.82) is 0 Å². The molecule has 0 radical (unpaired) electrons. The van der Waals surface area contributed by atoms with Gasteiger partial charge in [0.2, 0.25) is 0 Å². The maximum absolute atomic E-state index is 5.27. The Morgan fingerprint density at radius 1 is 0.377 bits per heavy atom. The lowest BCUT2D eigenvalue weighted by Crippen LogP contribution is -1.97. The van der Waals surface area contributed by atoms with Crippen LogP contribution in [-0.4, -0.2) is 15.0 Å². The molecule has 10 aromatic rings. The van der Waals surface area contributed by atoms with E-state index in [0.29, 0.717) is 5.82 Å². The van der Waals surface area contributed by atoms with Gasteiger partial charge in [-0.3, -0.25) is 4.98 Å². The van der Waals surface area contributed by atoms with Gasteiger partial charge in [0.25, 0.3) is 0 Å². The molecular formula is C49H29N3S. The van der Waals surface area contributed by atoms with Crippen molar-refractivity contribution in [2.45, 2.75) is 0 Å². The monoisotopic (exact) mass is 691 g/mol. The lowest BCUT2D eigenvalue weighted by molar-refractivity contribution is 1.18. The van der Waals surface area contributed by atoms with Crippen molar-refractivity contribution in [3.63, 3.8) is 0 Å². The highest BCUT2D eigenvalue weighted by Crippen LogP contribution is 2.50. The van der Waals surface area contributed by atoms with Crippen LogP contribution in [0.25, 0.3) is 109 Å². The van der Waals surface area contributed by atoms with Crippen LogP contribution in [0, 0.1) is 0 Å². The van der Waals surface area contributed by atoms with Crippen LogP contribution in [0.3, 0.4) is 0 Å². The van der Waals surface area contributed by atoms with Gasteiger partial charge in [0.1, 0.15) is 0 Å². The average Bonchev–Trinajstić information content (AvgIpc) is 3.78. The van der Waals surface area contributed by atoms with E-state index < -0.39 is 0 Å². The van der Waals surface area contributed by atoms with Gasteiger partial charge in [-0.15, -0.1) is 11.3 Å². The standard InChI is InChI=1S/C49H29N3S/c1-3-12-30(13-4-1)43-29-44(31-14-5-2-6-15-31)52-49(51-43)34-27-32(26-33(28-34)36-24-25-50-47-42-18-9-10-21-45(42)53-48(36)47)35-22-23-41-38-17-8-7-16-37(38)40-20-11-19-39(35)46(40)41/h1-29H. The molecule has 0 bridgehead atoms. The molecule has 0 N–H and O–H groups in total. The van der Waals surface area contributed by atoms with Crippen molar-refractivity contribution in [1.82, 2.24) is 15.0 Å². The van der Waals surface area contributed by atoms with Crippen LogP contribution in [0.5, 0.6) is 0 Å². The van der Waals surface area contributed by atoms with Gasteiger partial charge in [-0.2, -0.15) is 0 Å². The van der Waals surface area contributed by atoms with Gasteiger partial charge >= 0.3 is 0 Å². The fourth-order valence-electron chi connectivity index (χ4n) is 8.05. The van der Waals surface area contributed by atoms with Crippen LogP contribution in [0.2, 0.25) is 0 Å². The minimum absolute atomic E-state index is 0.688. The van der Waals surface area contributed by atoms with E-state index in [-0.39, 0.29) is 0 Å². The van der Waals surface area contributed by atoms with Crippen LogP contribution in [0.1, 0.15) is 0 Å². The zero-order valence-electron chi connectivity index (χ0n) is 28.5. The lowest BCUT2D eigenvalue weighted by Gasteiger charge is -2.15. The van der Waals surface area contributed by atoms with Crippen LogP contribution < -0.4 is 0 Å². The largest absolute Gasteiger partial charge is 0.255 e. The first-order valence-corrected chi connectivity index (χ1v) is 18.7. The first kappa shape index (κ1) is 29.9. The van der Waals surface area contributed by atoms with Gasteiger partial charge < -0.3 is 0 Å². The molecule has 0 aliphatic heterocycles. The number of thiophene rings is 1. The predicted molar refractivity (Wildman–Crippen MR) is 222 cm³/mol. The number of aromatic nitrogens is 3. The summed E-state index contributed by atoms with van der Waals surface area (Å²) in [5.41, 5.74) is 15.6. The van der Waals surface area contributed by atoms with Crippen molar-refractivity contribution in [3.8, 4) is 78.4 Å². The molecule has 3 aromatic heterocycles. The molecule has 11 rings (SSSR count). The van der Waals surface area contributed by atoms with E-state index in [0.717, 1.165) is 50.3 Å². The van der Waals surface area contributed by atoms with Crippen molar-refractivity contribution in [2.24, 2.45) is 0 Å². The second-order valence-corrected chi connectivity index (χ2v) is 14.6. The summed E-state index contributed by atoms with van der Waals surface area (Å²) < 4.78 is 2.41. The van der Waals surface area contributed by atoms with Crippen molar-refractivity contribution >= 4 is 42.4 Å². The molecule has 246 valence electrons. The Morgan fingerprint density at radius 3 is 1.68 bits per heavy atom. The van der Waals surface area contributed by atoms with Gasteiger partial charge in [-0.25, -0.2) is 9.97 Å². The van der Waals surface area contributed by atoms with Crippen LogP contribution in [-0.2, 0) is 0 Å². The quantitative estimate of drug-likeness (QED) is 0.180. The fraction of sp³-hybridized carbons (Fsp3) is 0. The van der Waals surface area contributed by atoms with Crippen LogP contribution in [0.15, 0.2) is 176 Å². The van der Waals surface area contributed by atoms with Gasteiger partial charge in [0.15, 0.2) is 5.82 Å². The minimum Gasteiger partial charge on any atom is -0.255 e. The second kappa shape index (κ2) is 11.9. The number of hydrogen-bond acceptors (Lipinski definition) is 4. The molecule has 7 aromatic carbocycles. The molecule has 0 saturated carbocycles. The lowest BCUT2D eigenvalue weighted by atomic mass is 9.91. The van der Waals surface area contributed by atoms with Gasteiger partial charge in [0.05, 0.1) is 21.6 Å². The third-order valence-electron chi connectivity index (χ3n) is 10.5. The predicted octanol–water partition coefficient (Wildman–Crippen LogP) is 13.4. The molecule has 53 heavy (non-hydrogen) atoms. The number of nitrogens with zero attached hydrogens (tertiary/aromatic N) is 3. The van der Waals surface area contributed by atoms with Crippen molar-refractivity contribution in [2.75, 3.05) is 0 Å². The Hall–Kier alpha value is -6.75. The number of hydrogen-bond donors (Lipinski definition) is 0. The Bertz CT molecular complexity index is 2970. The van der Waals surface area contributed by atoms with Crippen LogP contribution >= 0.6 is 11.3 Å². The number of benzene rings is 7. The van der Waals surface area contributed by atoms with Crippen molar-refractivity contribution in [3.05, 3.63) is 176 Å². The number of pyridine rings is 1. The molecule has 1 aliphatic rings. The smallest absolute Gasteiger partial charge is 0.160 e. The average molecular weight is 692 g/mol. The van der Waals surface area contributed by atoms with E-state index in [1.54, 1.807) is 11.3 Å². The van der Waals surface area contributed by atoms with Gasteiger partial charge in [0, 0.05) is 38.5 Å². The first-order valence-electron chi connectivity index (χ1n) is 17.8. The van der Waals surface area contributed by atoms with Crippen LogP contribution in [0.4, 0.5) is 0 Å². The summed E-state index contributed by atoms with van der Waals surface area (Å²) in [5, 5.41) is 3.73. The molecule has 0 unspecified atom stereocenters. The Labute approximate surface area is 310 Å². The second-order valence-electron chi connectivity index (χ2n) is 13.6. The van der Waals surface area contributed by atoms with Gasteiger partial charge in [-0.05, 0) is 86.1 Å². The van der Waals surface area contributed by atoms with E-state index in [2.05, 4.69) is 158 Å². The minimum atomic E-state index is 0.688. The summed E-state index contributed by atoms with van der Waals surface area (Å²) in [6, 6.07) is 60.5. The molecule has 1 aliphatic carbocycles. The van der Waals surface area contributed by atoms with Crippen molar-refractivity contribution < 1.29 is 0 Å². The highest BCUT2D eigenvalue weighted by molar-refractivity contribution is 7.26. The molecule has 0 spiro atoms. The van der Waals surface area contributed by atoms with E-state index in [1.807, 2.05) is 18.3 Å². The highest BCUT2D eigenvalue weighted by Gasteiger charge is 2.23. The van der Waals surface area contributed by atoms with Gasteiger partial charge in [-0.1, -0.05) is 133 Å². The fourth-order valence-corrected chi connectivity index (χ4v) is 9.25. The molecule has 3 heterocycles. The third kappa shape index (κ3) is 4.84. The third-order valence-corrected chi connectivity index (χ3v) is 11.7. The Balaban J connectivity index is 1.19. The molecular weight excluding hydrogens is 663 g/mol. The summed E-state index contributed by atoms with van der Waals surface area (Å²) in [6.07, 6.45) is 1.94. The zero-order chi connectivity index (χ0) is 34.9. The summed E-state index contributed by atoms with van der Waals surface area (Å²) in [6.45, 7) is 0.